The van der Waals surface area contributed by atoms with Gasteiger partial charge in [0.15, 0.2) is 5.78 Å². The first-order valence-electron chi connectivity index (χ1n) is 8.25. The van der Waals surface area contributed by atoms with Gasteiger partial charge in [0.2, 0.25) is 0 Å². The van der Waals surface area contributed by atoms with Crippen LogP contribution in [0.5, 0.6) is 0 Å². The zero-order valence-corrected chi connectivity index (χ0v) is 14.9. The molecule has 0 radical (unpaired) electrons. The second kappa shape index (κ2) is 5.52. The molecule has 0 bridgehead atoms. The lowest BCUT2D eigenvalue weighted by Crippen LogP contribution is -2.42. The lowest BCUT2D eigenvalue weighted by atomic mass is 9.92. The smallest absolute Gasteiger partial charge is 0.319 e. The molecular formula is C19H18N2O3S. The van der Waals surface area contributed by atoms with Crippen molar-refractivity contribution in [3.05, 3.63) is 56.8 Å². The van der Waals surface area contributed by atoms with E-state index in [-0.39, 0.29) is 18.2 Å². The third-order valence-electron chi connectivity index (χ3n) is 5.07. The first-order chi connectivity index (χ1) is 11.9. The van der Waals surface area contributed by atoms with Crippen molar-refractivity contribution in [1.29, 1.82) is 0 Å². The maximum absolute atomic E-state index is 13.1. The molecule has 1 saturated heterocycles. The number of imide groups is 1. The summed E-state index contributed by atoms with van der Waals surface area (Å²) < 4.78 is 0. The predicted molar refractivity (Wildman–Crippen MR) is 94.8 cm³/mol. The maximum atomic E-state index is 13.1. The number of fused-ring (bicyclic) bond motifs is 2. The summed E-state index contributed by atoms with van der Waals surface area (Å²) in [6.45, 7) is 3.60. The Labute approximate surface area is 149 Å². The number of carbonyl (C=O) groups excluding carboxylic acids is 3. The van der Waals surface area contributed by atoms with E-state index in [1.807, 2.05) is 44.2 Å². The molecule has 1 unspecified atom stereocenters. The number of Topliss-reactive ketones (excluding diaryl/α,β-unsaturated/α-hetero) is 1. The van der Waals surface area contributed by atoms with Crippen molar-refractivity contribution >= 4 is 29.1 Å². The fourth-order valence-electron chi connectivity index (χ4n) is 3.87. The van der Waals surface area contributed by atoms with Crippen LogP contribution in [0.2, 0.25) is 0 Å². The van der Waals surface area contributed by atoms with Crippen LogP contribution in [-0.4, -0.2) is 29.2 Å². The van der Waals surface area contributed by atoms with Gasteiger partial charge in [0, 0.05) is 15.3 Å². The fraction of sp³-hybridized carbons (Fsp3) is 0.316. The first-order valence-corrected chi connectivity index (χ1v) is 9.07. The molecule has 128 valence electrons. The van der Waals surface area contributed by atoms with Gasteiger partial charge in [-0.05, 0) is 43.9 Å². The van der Waals surface area contributed by atoms with Gasteiger partial charge in [-0.1, -0.05) is 24.3 Å². The van der Waals surface area contributed by atoms with Crippen molar-refractivity contribution in [2.45, 2.75) is 32.2 Å². The minimum Gasteiger partial charge on any atom is -0.319 e. The molecule has 2 aromatic rings. The van der Waals surface area contributed by atoms with Crippen molar-refractivity contribution in [1.82, 2.24) is 10.2 Å². The second-order valence-electron chi connectivity index (χ2n) is 6.63. The van der Waals surface area contributed by atoms with Crippen LogP contribution >= 0.6 is 11.3 Å². The van der Waals surface area contributed by atoms with Crippen molar-refractivity contribution in [2.24, 2.45) is 0 Å². The Morgan fingerprint density at radius 2 is 2.04 bits per heavy atom. The van der Waals surface area contributed by atoms with E-state index in [1.54, 1.807) is 11.3 Å². The Kier molecular flexibility index (Phi) is 3.54. The molecule has 6 heteroatoms. The van der Waals surface area contributed by atoms with Gasteiger partial charge < -0.3 is 5.32 Å². The highest BCUT2D eigenvalue weighted by Crippen LogP contribution is 2.41. The van der Waals surface area contributed by atoms with Gasteiger partial charge in [-0.25, -0.2) is 4.79 Å². The number of thiophene rings is 1. The zero-order chi connectivity index (χ0) is 17.8. The van der Waals surface area contributed by atoms with Crippen molar-refractivity contribution in [3.63, 3.8) is 0 Å². The van der Waals surface area contributed by atoms with E-state index in [4.69, 9.17) is 0 Å². The number of urea groups is 1. The molecule has 1 aromatic heterocycles. The normalized spacial score (nSPS) is 21.8. The van der Waals surface area contributed by atoms with E-state index in [0.29, 0.717) is 12.0 Å². The van der Waals surface area contributed by atoms with Crippen LogP contribution in [0.15, 0.2) is 30.3 Å². The second-order valence-corrected chi connectivity index (χ2v) is 8.09. The van der Waals surface area contributed by atoms with Gasteiger partial charge in [-0.2, -0.15) is 0 Å². The number of nitrogens with one attached hydrogen (secondary N) is 1. The largest absolute Gasteiger partial charge is 0.325 e. The Hall–Kier alpha value is -2.47. The maximum Gasteiger partial charge on any atom is 0.325 e. The Morgan fingerprint density at radius 1 is 1.28 bits per heavy atom. The number of hydrogen-bond acceptors (Lipinski definition) is 4. The summed E-state index contributed by atoms with van der Waals surface area (Å²) in [6, 6.07) is 9.01. The highest BCUT2D eigenvalue weighted by Gasteiger charge is 2.55. The van der Waals surface area contributed by atoms with E-state index in [9.17, 15) is 14.4 Å². The molecule has 1 fully saturated rings. The Balaban J connectivity index is 1.63. The van der Waals surface area contributed by atoms with Crippen LogP contribution in [0, 0.1) is 13.8 Å². The van der Waals surface area contributed by atoms with Gasteiger partial charge in [-0.15, -0.1) is 11.3 Å². The van der Waals surface area contributed by atoms with E-state index in [0.717, 1.165) is 32.2 Å². The topological polar surface area (TPSA) is 66.5 Å². The summed E-state index contributed by atoms with van der Waals surface area (Å²) in [5, 5.41) is 2.85. The van der Waals surface area contributed by atoms with E-state index in [2.05, 4.69) is 5.32 Å². The summed E-state index contributed by atoms with van der Waals surface area (Å²) in [5.41, 5.74) is 1.52. The van der Waals surface area contributed by atoms with Crippen molar-refractivity contribution in [2.75, 3.05) is 6.54 Å². The first kappa shape index (κ1) is 16.0. The molecule has 25 heavy (non-hydrogen) atoms. The summed E-state index contributed by atoms with van der Waals surface area (Å²) in [7, 11) is 0. The molecule has 2 heterocycles. The van der Waals surface area contributed by atoms with Crippen LogP contribution < -0.4 is 5.32 Å². The minimum atomic E-state index is -1.01. The number of benzene rings is 1. The Bertz CT molecular complexity index is 917. The molecule has 1 aliphatic heterocycles. The molecule has 1 atom stereocenters. The predicted octanol–water partition coefficient (Wildman–Crippen LogP) is 2.94. The monoisotopic (exact) mass is 354 g/mol. The summed E-state index contributed by atoms with van der Waals surface area (Å²) in [5.74, 6) is -0.519. The average molecular weight is 354 g/mol. The number of ketones is 1. The molecule has 2 aliphatic rings. The quantitative estimate of drug-likeness (QED) is 0.681. The molecule has 4 rings (SSSR count). The molecule has 1 aromatic carbocycles. The lowest BCUT2D eigenvalue weighted by Gasteiger charge is -2.22. The van der Waals surface area contributed by atoms with Crippen LogP contribution in [0.1, 0.15) is 37.7 Å². The number of hydrogen-bond donors (Lipinski definition) is 1. The minimum absolute atomic E-state index is 0.200. The van der Waals surface area contributed by atoms with Crippen LogP contribution in [-0.2, 0) is 16.8 Å². The highest BCUT2D eigenvalue weighted by molar-refractivity contribution is 7.12. The number of amides is 3. The zero-order valence-electron chi connectivity index (χ0n) is 14.1. The Morgan fingerprint density at radius 3 is 2.76 bits per heavy atom. The standard InChI is InChI=1S/C19H18N2O3S/c1-11-9-14(12(2)25-11)16(22)10-21-17(23)19(20-18(21)24)8-7-13-5-3-4-6-15(13)19/h3-6,9H,7-8,10H2,1-2H3,(H,20,24). The molecule has 1 spiro atoms. The van der Waals surface area contributed by atoms with Gasteiger partial charge in [0.25, 0.3) is 5.91 Å². The third-order valence-corrected chi connectivity index (χ3v) is 6.03. The highest BCUT2D eigenvalue weighted by atomic mass is 32.1. The lowest BCUT2D eigenvalue weighted by molar-refractivity contribution is -0.131. The molecule has 0 saturated carbocycles. The van der Waals surface area contributed by atoms with E-state index >= 15 is 0 Å². The van der Waals surface area contributed by atoms with E-state index in [1.165, 1.54) is 0 Å². The number of nitrogens with zero attached hydrogens (tertiary/aromatic N) is 1. The number of carbonyl (C=O) groups is 3. The summed E-state index contributed by atoms with van der Waals surface area (Å²) >= 11 is 1.54. The van der Waals surface area contributed by atoms with Crippen LogP contribution in [0.4, 0.5) is 4.79 Å². The van der Waals surface area contributed by atoms with E-state index < -0.39 is 11.6 Å². The van der Waals surface area contributed by atoms with Gasteiger partial charge in [0.05, 0.1) is 6.54 Å². The van der Waals surface area contributed by atoms with Crippen LogP contribution in [0.3, 0.4) is 0 Å². The van der Waals surface area contributed by atoms with Crippen molar-refractivity contribution in [3.8, 4) is 0 Å². The summed E-state index contributed by atoms with van der Waals surface area (Å²) in [4.78, 5) is 41.1. The number of rotatable bonds is 3. The summed E-state index contributed by atoms with van der Waals surface area (Å²) in [6.07, 6.45) is 1.28. The van der Waals surface area contributed by atoms with Crippen molar-refractivity contribution < 1.29 is 14.4 Å². The van der Waals surface area contributed by atoms with Crippen LogP contribution in [0.25, 0.3) is 0 Å². The van der Waals surface area contributed by atoms with Gasteiger partial charge >= 0.3 is 6.03 Å². The van der Waals surface area contributed by atoms with Gasteiger partial charge in [0.1, 0.15) is 5.54 Å². The number of aryl methyl sites for hydroxylation is 3. The third kappa shape index (κ3) is 2.32. The molecule has 3 amide bonds. The molecule has 1 N–H and O–H groups in total. The fourth-order valence-corrected chi connectivity index (χ4v) is 4.81. The average Bonchev–Trinajstić information content (AvgIpc) is 3.19. The van der Waals surface area contributed by atoms with Gasteiger partial charge in [-0.3, -0.25) is 14.5 Å². The molecular weight excluding hydrogens is 336 g/mol. The molecule has 5 nitrogen and oxygen atoms in total. The molecule has 1 aliphatic carbocycles. The SMILES string of the molecule is Cc1cc(C(=O)CN2C(=O)NC3(CCc4ccccc43)C2=O)c(C)s1.